The van der Waals surface area contributed by atoms with Gasteiger partial charge in [-0.25, -0.2) is 5.01 Å². The quantitative estimate of drug-likeness (QED) is 0.156. The zero-order chi connectivity index (χ0) is 30.2. The number of hydrogen-bond acceptors (Lipinski definition) is 7. The Labute approximate surface area is 248 Å². The van der Waals surface area contributed by atoms with Crippen molar-refractivity contribution in [2.45, 2.75) is 25.2 Å². The lowest BCUT2D eigenvalue weighted by molar-refractivity contribution is -0.154. The molecule has 3 aromatic rings. The molecule has 2 aliphatic rings. The largest absolute Gasteiger partial charge is 0.379 e. The smallest absolute Gasteiger partial charge is 0.339 e. The highest BCUT2D eigenvalue weighted by Crippen LogP contribution is 2.39. The second kappa shape index (κ2) is 11.5. The van der Waals surface area contributed by atoms with Gasteiger partial charge < -0.3 is 4.18 Å². The normalized spacial score (nSPS) is 19.9. The van der Waals surface area contributed by atoms with Crippen LogP contribution in [0.15, 0.2) is 89.8 Å². The van der Waals surface area contributed by atoms with Gasteiger partial charge in [0.1, 0.15) is 17.2 Å². The molecule has 3 atom stereocenters. The topological polar surface area (TPSA) is 118 Å². The van der Waals surface area contributed by atoms with E-state index >= 15 is 0 Å². The van der Waals surface area contributed by atoms with Crippen molar-refractivity contribution in [2.75, 3.05) is 6.54 Å². The third-order valence-corrected chi connectivity index (χ3v) is 8.92. The molecule has 0 saturated carbocycles. The third kappa shape index (κ3) is 5.73. The fourth-order valence-electron chi connectivity index (χ4n) is 5.15. The molecule has 0 spiro atoms. The van der Waals surface area contributed by atoms with Crippen LogP contribution in [0.3, 0.4) is 0 Å². The first kappa shape index (κ1) is 29.2. The predicted molar refractivity (Wildman–Crippen MR) is 154 cm³/mol. The van der Waals surface area contributed by atoms with E-state index in [-0.39, 0.29) is 27.7 Å². The molecule has 3 amide bonds. The van der Waals surface area contributed by atoms with Crippen LogP contribution in [0.4, 0.5) is 0 Å². The molecule has 0 N–H and O–H groups in total. The van der Waals surface area contributed by atoms with Crippen LogP contribution in [0.25, 0.3) is 0 Å². The number of benzene rings is 3. The molecule has 0 aromatic heterocycles. The van der Waals surface area contributed by atoms with Crippen LogP contribution >= 0.6 is 11.6 Å². The molecule has 11 heteroatoms. The van der Waals surface area contributed by atoms with E-state index in [1.165, 1.54) is 60.7 Å². The maximum Gasteiger partial charge on any atom is 0.339 e. The van der Waals surface area contributed by atoms with E-state index in [2.05, 4.69) is 0 Å². The first-order valence-corrected chi connectivity index (χ1v) is 15.0. The Hall–Kier alpha value is -4.28. The number of ketones is 1. The standard InChI is InChI=1S/C31H27ClN2O7S/c1-19-6-16-25(17-7-19)42(39,40)41-24-14-10-21(11-15-24)27(35)18-33(29(36)22-8-12-23(32)13-9-22)34-30(37)26-5-3-4-20(2)28(26)31(34)38/h3-4,6-17,20,26,28H,5,18H2,1-2H3/t20-,26+,28+/m0/s1. The number of imide groups is 1. The zero-order valence-corrected chi connectivity index (χ0v) is 24.3. The lowest BCUT2D eigenvalue weighted by Gasteiger charge is -2.30. The van der Waals surface area contributed by atoms with E-state index in [4.69, 9.17) is 15.8 Å². The van der Waals surface area contributed by atoms with Crippen LogP contribution in [-0.2, 0) is 19.7 Å². The Morgan fingerprint density at radius 2 is 1.55 bits per heavy atom. The van der Waals surface area contributed by atoms with Gasteiger partial charge in [0.15, 0.2) is 5.78 Å². The molecule has 216 valence electrons. The Balaban J connectivity index is 1.39. The first-order chi connectivity index (χ1) is 20.0. The van der Waals surface area contributed by atoms with Gasteiger partial charge in [0.2, 0.25) is 0 Å². The summed E-state index contributed by atoms with van der Waals surface area (Å²) in [6.45, 7) is 3.06. The molecular weight excluding hydrogens is 580 g/mol. The van der Waals surface area contributed by atoms with Gasteiger partial charge in [0, 0.05) is 16.1 Å². The van der Waals surface area contributed by atoms with E-state index in [9.17, 15) is 27.6 Å². The molecule has 0 bridgehead atoms. The van der Waals surface area contributed by atoms with Crippen molar-refractivity contribution in [1.29, 1.82) is 0 Å². The second-order valence-electron chi connectivity index (χ2n) is 10.3. The summed E-state index contributed by atoms with van der Waals surface area (Å²) in [7, 11) is -4.10. The van der Waals surface area contributed by atoms with Crippen molar-refractivity contribution in [3.05, 3.63) is 107 Å². The molecule has 3 aromatic carbocycles. The van der Waals surface area contributed by atoms with Gasteiger partial charge in [-0.3, -0.25) is 19.2 Å². The number of rotatable bonds is 8. The number of halogens is 1. The number of fused-ring (bicyclic) bond motifs is 1. The molecular formula is C31H27ClN2O7S. The van der Waals surface area contributed by atoms with Crippen molar-refractivity contribution in [1.82, 2.24) is 10.0 Å². The van der Waals surface area contributed by atoms with Crippen LogP contribution in [0.1, 0.15) is 39.6 Å². The van der Waals surface area contributed by atoms with Crippen molar-refractivity contribution >= 4 is 45.2 Å². The number of hydrogen-bond donors (Lipinski definition) is 0. The number of carbonyl (C=O) groups is 4. The van der Waals surface area contributed by atoms with Crippen molar-refractivity contribution in [2.24, 2.45) is 17.8 Å². The van der Waals surface area contributed by atoms with Crippen LogP contribution in [-0.4, -0.2) is 48.5 Å². The van der Waals surface area contributed by atoms with Gasteiger partial charge in [-0.15, -0.1) is 0 Å². The average Bonchev–Trinajstić information content (AvgIpc) is 3.22. The Bertz CT molecular complexity index is 1680. The fourth-order valence-corrected chi connectivity index (χ4v) is 6.20. The fraction of sp³-hybridized carbons (Fsp3) is 0.226. The molecule has 1 aliphatic heterocycles. The average molecular weight is 607 g/mol. The van der Waals surface area contributed by atoms with Gasteiger partial charge in [-0.1, -0.05) is 48.4 Å². The molecule has 1 aliphatic carbocycles. The van der Waals surface area contributed by atoms with Crippen LogP contribution in [0, 0.1) is 24.7 Å². The number of aryl methyl sites for hydroxylation is 1. The van der Waals surface area contributed by atoms with Gasteiger partial charge in [-0.2, -0.15) is 13.4 Å². The molecule has 0 radical (unpaired) electrons. The highest BCUT2D eigenvalue weighted by Gasteiger charge is 2.53. The van der Waals surface area contributed by atoms with Crippen molar-refractivity contribution < 1.29 is 31.8 Å². The summed E-state index contributed by atoms with van der Waals surface area (Å²) in [5, 5.41) is 2.08. The highest BCUT2D eigenvalue weighted by molar-refractivity contribution is 7.87. The Kier molecular flexibility index (Phi) is 8.03. The summed E-state index contributed by atoms with van der Waals surface area (Å²) in [4.78, 5) is 54.0. The maximum absolute atomic E-state index is 13.6. The molecule has 5 rings (SSSR count). The number of Topliss-reactive ketones (excluding diaryl/α,β-unsaturated/α-hetero) is 1. The molecule has 1 heterocycles. The van der Waals surface area contributed by atoms with E-state index in [1.54, 1.807) is 12.1 Å². The minimum atomic E-state index is -4.10. The summed E-state index contributed by atoms with van der Waals surface area (Å²) in [6, 6.07) is 17.4. The number of allylic oxidation sites excluding steroid dienone is 2. The Morgan fingerprint density at radius 1 is 0.929 bits per heavy atom. The minimum Gasteiger partial charge on any atom is -0.379 e. The summed E-state index contributed by atoms with van der Waals surface area (Å²) in [5.74, 6) is -3.86. The summed E-state index contributed by atoms with van der Waals surface area (Å²) in [6.07, 6.45) is 4.08. The summed E-state index contributed by atoms with van der Waals surface area (Å²) in [5.41, 5.74) is 1.15. The van der Waals surface area contributed by atoms with Gasteiger partial charge in [-0.05, 0) is 79.9 Å². The zero-order valence-electron chi connectivity index (χ0n) is 22.8. The second-order valence-corrected chi connectivity index (χ2v) is 12.3. The minimum absolute atomic E-state index is 0.0170. The van der Waals surface area contributed by atoms with E-state index in [0.717, 1.165) is 15.6 Å². The van der Waals surface area contributed by atoms with Crippen LogP contribution in [0.5, 0.6) is 5.75 Å². The lowest BCUT2D eigenvalue weighted by Crippen LogP contribution is -2.52. The van der Waals surface area contributed by atoms with Crippen LogP contribution < -0.4 is 4.18 Å². The first-order valence-electron chi connectivity index (χ1n) is 13.2. The van der Waals surface area contributed by atoms with E-state index in [1.807, 2.05) is 26.0 Å². The monoisotopic (exact) mass is 606 g/mol. The number of carbonyl (C=O) groups excluding carboxylic acids is 4. The third-order valence-electron chi connectivity index (χ3n) is 7.40. The highest BCUT2D eigenvalue weighted by atomic mass is 35.5. The maximum atomic E-state index is 13.6. The summed E-state index contributed by atoms with van der Waals surface area (Å²) >= 11 is 5.97. The summed E-state index contributed by atoms with van der Waals surface area (Å²) < 4.78 is 30.5. The molecule has 42 heavy (non-hydrogen) atoms. The molecule has 0 unspecified atom stereocenters. The van der Waals surface area contributed by atoms with E-state index < -0.39 is 52.0 Å². The SMILES string of the molecule is Cc1ccc(S(=O)(=O)Oc2ccc(C(=O)CN(C(=O)c3ccc(Cl)cc3)N3C(=O)[C@@H]4[C@@H](C)C=CC[C@H]4C3=O)cc2)cc1. The van der Waals surface area contributed by atoms with Crippen molar-refractivity contribution in [3.8, 4) is 5.75 Å². The van der Waals surface area contributed by atoms with E-state index in [0.29, 0.717) is 11.4 Å². The number of hydrazine groups is 1. The lowest BCUT2D eigenvalue weighted by atomic mass is 9.78. The molecule has 9 nitrogen and oxygen atoms in total. The van der Waals surface area contributed by atoms with Crippen LogP contribution in [0.2, 0.25) is 5.02 Å². The van der Waals surface area contributed by atoms with Crippen molar-refractivity contribution in [3.63, 3.8) is 0 Å². The van der Waals surface area contributed by atoms with Gasteiger partial charge >= 0.3 is 10.1 Å². The van der Waals surface area contributed by atoms with Gasteiger partial charge in [0.25, 0.3) is 17.7 Å². The number of amides is 3. The van der Waals surface area contributed by atoms with Gasteiger partial charge in [0.05, 0.1) is 11.8 Å². The molecule has 1 saturated heterocycles. The predicted octanol–water partition coefficient (Wildman–Crippen LogP) is 4.85. The molecule has 1 fully saturated rings. The number of nitrogens with zero attached hydrogens (tertiary/aromatic N) is 2. The Morgan fingerprint density at radius 3 is 2.17 bits per heavy atom.